The summed E-state index contributed by atoms with van der Waals surface area (Å²) in [6.07, 6.45) is 7.99. The molecule has 2 aliphatic carbocycles. The lowest BCUT2D eigenvalue weighted by Gasteiger charge is -2.28. The number of carbonyl (C=O) groups excluding carboxylic acids is 1. The first-order valence-electron chi connectivity index (χ1n) is 7.02. The van der Waals surface area contributed by atoms with Crippen LogP contribution in [0.15, 0.2) is 12.2 Å². The average molecular weight is 266 g/mol. The van der Waals surface area contributed by atoms with E-state index in [9.17, 15) is 14.7 Å². The van der Waals surface area contributed by atoms with Crippen LogP contribution >= 0.6 is 0 Å². The van der Waals surface area contributed by atoms with Crippen molar-refractivity contribution < 1.29 is 14.7 Å². The lowest BCUT2D eigenvalue weighted by atomic mass is 9.79. The molecule has 5 heteroatoms. The molecule has 2 rings (SSSR count). The molecule has 4 unspecified atom stereocenters. The molecule has 0 heterocycles. The number of carboxylic acids is 1. The number of carbonyl (C=O) groups is 2. The van der Waals surface area contributed by atoms with E-state index >= 15 is 0 Å². The highest BCUT2D eigenvalue weighted by Crippen LogP contribution is 2.30. The number of aliphatic carboxylic acids is 1. The minimum Gasteiger partial charge on any atom is -0.481 e. The Morgan fingerprint density at radius 3 is 2.63 bits per heavy atom. The number of nitrogens with two attached hydrogens (primary N) is 1. The van der Waals surface area contributed by atoms with Crippen LogP contribution in [0.5, 0.6) is 0 Å². The number of hydrogen-bond donors (Lipinski definition) is 3. The summed E-state index contributed by atoms with van der Waals surface area (Å²) in [5, 5.41) is 12.1. The van der Waals surface area contributed by atoms with Crippen LogP contribution in [0, 0.1) is 17.8 Å². The van der Waals surface area contributed by atoms with Crippen LogP contribution in [0.25, 0.3) is 0 Å². The Bertz CT molecular complexity index is 381. The van der Waals surface area contributed by atoms with Crippen molar-refractivity contribution in [2.45, 2.75) is 38.1 Å². The van der Waals surface area contributed by atoms with Crippen molar-refractivity contribution in [1.29, 1.82) is 0 Å². The molecule has 106 valence electrons. The Morgan fingerprint density at radius 1 is 1.26 bits per heavy atom. The molecule has 0 aromatic rings. The molecule has 0 aromatic heterocycles. The molecule has 1 amide bonds. The van der Waals surface area contributed by atoms with Crippen molar-refractivity contribution >= 4 is 11.9 Å². The molecule has 5 nitrogen and oxygen atoms in total. The molecule has 0 aromatic carbocycles. The summed E-state index contributed by atoms with van der Waals surface area (Å²) in [6.45, 7) is 0.468. The van der Waals surface area contributed by atoms with Gasteiger partial charge in [0.1, 0.15) is 0 Å². The Kier molecular flexibility index (Phi) is 4.58. The van der Waals surface area contributed by atoms with Gasteiger partial charge in [-0.15, -0.1) is 0 Å². The summed E-state index contributed by atoms with van der Waals surface area (Å²) in [5.74, 6) is -1.16. The normalized spacial score (nSPS) is 34.2. The highest BCUT2D eigenvalue weighted by molar-refractivity contribution is 5.81. The summed E-state index contributed by atoms with van der Waals surface area (Å²) in [7, 11) is 0. The van der Waals surface area contributed by atoms with E-state index in [0.29, 0.717) is 13.0 Å². The molecule has 1 saturated carbocycles. The lowest BCUT2D eigenvalue weighted by molar-refractivity contribution is -0.145. The zero-order chi connectivity index (χ0) is 13.8. The fourth-order valence-corrected chi connectivity index (χ4v) is 3.06. The number of rotatable bonds is 4. The van der Waals surface area contributed by atoms with E-state index in [1.165, 1.54) is 0 Å². The van der Waals surface area contributed by atoms with Crippen LogP contribution in [0.1, 0.15) is 32.1 Å². The van der Waals surface area contributed by atoms with Gasteiger partial charge in [-0.25, -0.2) is 0 Å². The van der Waals surface area contributed by atoms with E-state index in [1.807, 2.05) is 12.2 Å². The van der Waals surface area contributed by atoms with Gasteiger partial charge < -0.3 is 16.2 Å². The van der Waals surface area contributed by atoms with Crippen LogP contribution in [0.2, 0.25) is 0 Å². The maximum Gasteiger partial charge on any atom is 0.306 e. The summed E-state index contributed by atoms with van der Waals surface area (Å²) < 4.78 is 0. The first-order chi connectivity index (χ1) is 9.08. The van der Waals surface area contributed by atoms with Crippen molar-refractivity contribution in [3.05, 3.63) is 12.2 Å². The number of carboxylic acid groups (broad SMARTS) is 1. The minimum absolute atomic E-state index is 0.0288. The largest absolute Gasteiger partial charge is 0.481 e. The molecule has 0 saturated heterocycles. The van der Waals surface area contributed by atoms with Gasteiger partial charge in [0.2, 0.25) is 5.91 Å². The molecular formula is C14H22N2O3. The van der Waals surface area contributed by atoms with Crippen LogP contribution in [0.4, 0.5) is 0 Å². The fourth-order valence-electron chi connectivity index (χ4n) is 3.06. The van der Waals surface area contributed by atoms with Gasteiger partial charge >= 0.3 is 5.97 Å². The number of nitrogens with one attached hydrogen (secondary N) is 1. The highest BCUT2D eigenvalue weighted by Gasteiger charge is 2.31. The molecule has 19 heavy (non-hydrogen) atoms. The van der Waals surface area contributed by atoms with E-state index in [4.69, 9.17) is 5.73 Å². The van der Waals surface area contributed by atoms with Crippen molar-refractivity contribution in [2.24, 2.45) is 23.5 Å². The quantitative estimate of drug-likeness (QED) is 0.659. The van der Waals surface area contributed by atoms with E-state index in [-0.39, 0.29) is 29.7 Å². The molecule has 2 aliphatic rings. The zero-order valence-corrected chi connectivity index (χ0v) is 11.0. The molecule has 0 spiro atoms. The maximum atomic E-state index is 11.9. The van der Waals surface area contributed by atoms with E-state index in [0.717, 1.165) is 25.7 Å². The van der Waals surface area contributed by atoms with Gasteiger partial charge in [0.25, 0.3) is 0 Å². The summed E-state index contributed by atoms with van der Waals surface area (Å²) in [4.78, 5) is 23.1. The third kappa shape index (κ3) is 3.56. The van der Waals surface area contributed by atoms with Gasteiger partial charge in [-0.05, 0) is 25.2 Å². The third-order valence-electron chi connectivity index (χ3n) is 4.22. The van der Waals surface area contributed by atoms with E-state index in [2.05, 4.69) is 5.32 Å². The third-order valence-corrected chi connectivity index (χ3v) is 4.22. The molecule has 0 aliphatic heterocycles. The molecular weight excluding hydrogens is 244 g/mol. The van der Waals surface area contributed by atoms with Gasteiger partial charge in [0, 0.05) is 12.6 Å². The number of hydrogen-bond acceptors (Lipinski definition) is 3. The van der Waals surface area contributed by atoms with Crippen LogP contribution in [-0.4, -0.2) is 29.6 Å². The van der Waals surface area contributed by atoms with Crippen molar-refractivity contribution in [3.63, 3.8) is 0 Å². The smallest absolute Gasteiger partial charge is 0.306 e. The Labute approximate surface area is 113 Å². The fraction of sp³-hybridized carbons (Fsp3) is 0.714. The van der Waals surface area contributed by atoms with E-state index in [1.54, 1.807) is 0 Å². The predicted octanol–water partition coefficient (Wildman–Crippen LogP) is 0.897. The minimum atomic E-state index is -0.735. The average Bonchev–Trinajstić information content (AvgIpc) is 2.83. The van der Waals surface area contributed by atoms with Gasteiger partial charge in [0.15, 0.2) is 0 Å². The van der Waals surface area contributed by atoms with Crippen molar-refractivity contribution in [3.8, 4) is 0 Å². The van der Waals surface area contributed by atoms with Crippen LogP contribution < -0.4 is 11.1 Å². The summed E-state index contributed by atoms with van der Waals surface area (Å²) >= 11 is 0. The summed E-state index contributed by atoms with van der Waals surface area (Å²) in [6, 6.07) is -0.0304. The SMILES string of the molecule is NC1C=CC(C(=O)NCC2CCCCC2C(=O)O)C1. The zero-order valence-electron chi connectivity index (χ0n) is 11.0. The molecule has 4 atom stereocenters. The predicted molar refractivity (Wildman–Crippen MR) is 71.3 cm³/mol. The van der Waals surface area contributed by atoms with Crippen molar-refractivity contribution in [2.75, 3.05) is 6.54 Å². The molecule has 0 radical (unpaired) electrons. The second kappa shape index (κ2) is 6.19. The van der Waals surface area contributed by atoms with E-state index < -0.39 is 5.97 Å². The van der Waals surface area contributed by atoms with Gasteiger partial charge in [-0.2, -0.15) is 0 Å². The Balaban J connectivity index is 1.82. The topological polar surface area (TPSA) is 92.4 Å². The van der Waals surface area contributed by atoms with Crippen molar-refractivity contribution in [1.82, 2.24) is 5.32 Å². The monoisotopic (exact) mass is 266 g/mol. The van der Waals surface area contributed by atoms with Gasteiger partial charge in [0.05, 0.1) is 11.8 Å². The first-order valence-corrected chi connectivity index (χ1v) is 7.02. The standard InChI is InChI=1S/C14H22N2O3/c15-11-6-5-9(7-11)13(17)16-8-10-3-1-2-4-12(10)14(18)19/h5-6,9-12H,1-4,7-8,15H2,(H,16,17)(H,18,19). The van der Waals surface area contributed by atoms with Gasteiger partial charge in [-0.1, -0.05) is 25.0 Å². The molecule has 1 fully saturated rings. The Morgan fingerprint density at radius 2 is 2.00 bits per heavy atom. The second-order valence-corrected chi connectivity index (χ2v) is 5.63. The van der Waals surface area contributed by atoms with Gasteiger partial charge in [-0.3, -0.25) is 9.59 Å². The molecule has 4 N–H and O–H groups in total. The first kappa shape index (κ1) is 14.1. The summed E-state index contributed by atoms with van der Waals surface area (Å²) in [5.41, 5.74) is 5.72. The van der Waals surface area contributed by atoms with Crippen LogP contribution in [0.3, 0.4) is 0 Å². The second-order valence-electron chi connectivity index (χ2n) is 5.63. The highest BCUT2D eigenvalue weighted by atomic mass is 16.4. The van der Waals surface area contributed by atoms with Crippen LogP contribution in [-0.2, 0) is 9.59 Å². The lowest BCUT2D eigenvalue weighted by Crippen LogP contribution is -2.39. The molecule has 0 bridgehead atoms. The Hall–Kier alpha value is -1.36. The maximum absolute atomic E-state index is 11.9. The number of amides is 1.